The summed E-state index contributed by atoms with van der Waals surface area (Å²) in [5, 5.41) is 0. The second kappa shape index (κ2) is 5.96. The van der Waals surface area contributed by atoms with Crippen molar-refractivity contribution < 1.29 is 0 Å². The van der Waals surface area contributed by atoms with Crippen molar-refractivity contribution in [1.29, 1.82) is 0 Å². The fourth-order valence-corrected chi connectivity index (χ4v) is 1.05. The van der Waals surface area contributed by atoms with Crippen LogP contribution in [0.2, 0.25) is 0 Å². The van der Waals surface area contributed by atoms with Crippen molar-refractivity contribution >= 4 is 0 Å². The molecule has 0 aromatic heterocycles. The Morgan fingerprint density at radius 1 is 1.55 bits per heavy atom. The predicted molar refractivity (Wildman–Crippen MR) is 52.5 cm³/mol. The van der Waals surface area contributed by atoms with Crippen LogP contribution < -0.4 is 0 Å². The first-order chi connectivity index (χ1) is 5.26. The van der Waals surface area contributed by atoms with Gasteiger partial charge in [-0.05, 0) is 26.2 Å². The van der Waals surface area contributed by atoms with E-state index in [0.29, 0.717) is 5.92 Å². The van der Waals surface area contributed by atoms with Crippen molar-refractivity contribution in [3.63, 3.8) is 0 Å². The highest BCUT2D eigenvalue weighted by atomic mass is 14.1. The number of hydrogen-bond donors (Lipinski definition) is 0. The van der Waals surface area contributed by atoms with Crippen molar-refractivity contribution in [3.05, 3.63) is 36.5 Å². The van der Waals surface area contributed by atoms with Gasteiger partial charge in [-0.3, -0.25) is 0 Å². The Labute approximate surface area is 70.3 Å². The van der Waals surface area contributed by atoms with Gasteiger partial charge in [-0.1, -0.05) is 36.8 Å². The topological polar surface area (TPSA) is 0 Å². The van der Waals surface area contributed by atoms with Gasteiger partial charge in [0.25, 0.3) is 0 Å². The van der Waals surface area contributed by atoms with Crippen LogP contribution in [-0.4, -0.2) is 0 Å². The van der Waals surface area contributed by atoms with Crippen LogP contribution in [0.25, 0.3) is 0 Å². The summed E-state index contributed by atoms with van der Waals surface area (Å²) in [4.78, 5) is 0. The molecule has 0 aromatic rings. The molecule has 0 radical (unpaired) electrons. The maximum Gasteiger partial charge on any atom is -0.00282 e. The molecule has 0 spiro atoms. The van der Waals surface area contributed by atoms with Gasteiger partial charge in [0.05, 0.1) is 0 Å². The minimum absolute atomic E-state index is 0.547. The first-order valence-electron chi connectivity index (χ1n) is 4.18. The van der Waals surface area contributed by atoms with E-state index in [1.54, 1.807) is 0 Å². The van der Waals surface area contributed by atoms with Crippen LogP contribution in [0.3, 0.4) is 0 Å². The van der Waals surface area contributed by atoms with Crippen LogP contribution >= 0.6 is 0 Å². The summed E-state index contributed by atoms with van der Waals surface area (Å²) in [6, 6.07) is 0. The number of rotatable bonds is 4. The normalized spacial score (nSPS) is 15.4. The van der Waals surface area contributed by atoms with Crippen LogP contribution in [0.1, 0.15) is 27.2 Å². The van der Waals surface area contributed by atoms with E-state index in [-0.39, 0.29) is 0 Å². The number of allylic oxidation sites excluding steroid dienone is 5. The second-order valence-electron chi connectivity index (χ2n) is 2.69. The van der Waals surface area contributed by atoms with Gasteiger partial charge in [0, 0.05) is 0 Å². The van der Waals surface area contributed by atoms with E-state index in [1.807, 2.05) is 19.1 Å². The van der Waals surface area contributed by atoms with Crippen molar-refractivity contribution in [3.8, 4) is 0 Å². The van der Waals surface area contributed by atoms with Gasteiger partial charge in [-0.2, -0.15) is 0 Å². The lowest BCUT2D eigenvalue weighted by atomic mass is 9.98. The summed E-state index contributed by atoms with van der Waals surface area (Å²) in [5.41, 5.74) is 1.39. The average molecular weight is 150 g/mol. The lowest BCUT2D eigenvalue weighted by Crippen LogP contribution is -1.94. The third-order valence-corrected chi connectivity index (χ3v) is 1.86. The van der Waals surface area contributed by atoms with Gasteiger partial charge in [-0.25, -0.2) is 0 Å². The molecule has 0 N–H and O–H groups in total. The molecule has 0 heterocycles. The Morgan fingerprint density at radius 3 is 2.55 bits per heavy atom. The highest BCUT2D eigenvalue weighted by Crippen LogP contribution is 2.14. The minimum atomic E-state index is 0.547. The Morgan fingerprint density at radius 2 is 2.18 bits per heavy atom. The standard InChI is InChI=1S/C11H18/c1-5-8-9-10(4)11(6-2)7-3/h5-6,8-9,11H,2,7H2,1,3-4H3/b8-5-,10-9-. The van der Waals surface area contributed by atoms with Gasteiger partial charge in [0.2, 0.25) is 0 Å². The van der Waals surface area contributed by atoms with E-state index in [9.17, 15) is 0 Å². The number of hydrogen-bond acceptors (Lipinski definition) is 0. The second-order valence-corrected chi connectivity index (χ2v) is 2.69. The van der Waals surface area contributed by atoms with Crippen molar-refractivity contribution in [1.82, 2.24) is 0 Å². The fourth-order valence-electron chi connectivity index (χ4n) is 1.05. The zero-order valence-corrected chi connectivity index (χ0v) is 7.80. The third kappa shape index (κ3) is 3.82. The lowest BCUT2D eigenvalue weighted by Gasteiger charge is -2.08. The smallest absolute Gasteiger partial charge is 0.00282 e. The predicted octanol–water partition coefficient (Wildman–Crippen LogP) is 3.72. The van der Waals surface area contributed by atoms with E-state index in [1.165, 1.54) is 5.57 Å². The zero-order valence-electron chi connectivity index (χ0n) is 7.80. The van der Waals surface area contributed by atoms with E-state index in [2.05, 4.69) is 32.6 Å². The lowest BCUT2D eigenvalue weighted by molar-refractivity contribution is 0.729. The molecule has 0 aromatic carbocycles. The van der Waals surface area contributed by atoms with Crippen LogP contribution in [0.5, 0.6) is 0 Å². The molecule has 0 heteroatoms. The Hall–Kier alpha value is -0.780. The van der Waals surface area contributed by atoms with E-state index in [0.717, 1.165) is 6.42 Å². The van der Waals surface area contributed by atoms with E-state index >= 15 is 0 Å². The molecular weight excluding hydrogens is 132 g/mol. The highest BCUT2D eigenvalue weighted by molar-refractivity contribution is 5.15. The summed E-state index contributed by atoms with van der Waals surface area (Å²) in [5.74, 6) is 0.547. The van der Waals surface area contributed by atoms with E-state index < -0.39 is 0 Å². The van der Waals surface area contributed by atoms with Crippen molar-refractivity contribution in [2.75, 3.05) is 0 Å². The molecule has 0 saturated heterocycles. The summed E-state index contributed by atoms with van der Waals surface area (Å²) in [6.07, 6.45) is 9.41. The molecule has 62 valence electrons. The highest BCUT2D eigenvalue weighted by Gasteiger charge is 2.00. The Balaban J connectivity index is 4.17. The first kappa shape index (κ1) is 10.2. The molecule has 1 unspecified atom stereocenters. The SMILES string of the molecule is C=CC(CC)/C(C)=C\C=C/C. The molecule has 0 aliphatic heterocycles. The first-order valence-corrected chi connectivity index (χ1v) is 4.18. The van der Waals surface area contributed by atoms with Gasteiger partial charge in [-0.15, -0.1) is 6.58 Å². The van der Waals surface area contributed by atoms with Gasteiger partial charge < -0.3 is 0 Å². The Kier molecular flexibility index (Phi) is 5.54. The molecule has 0 aliphatic rings. The summed E-state index contributed by atoms with van der Waals surface area (Å²) >= 11 is 0. The molecule has 0 aliphatic carbocycles. The van der Waals surface area contributed by atoms with Crippen LogP contribution in [-0.2, 0) is 0 Å². The molecule has 0 nitrogen and oxygen atoms in total. The maximum atomic E-state index is 3.80. The monoisotopic (exact) mass is 150 g/mol. The third-order valence-electron chi connectivity index (χ3n) is 1.86. The molecule has 0 bridgehead atoms. The average Bonchev–Trinajstić information content (AvgIpc) is 2.03. The van der Waals surface area contributed by atoms with Crippen LogP contribution in [0, 0.1) is 5.92 Å². The summed E-state index contributed by atoms with van der Waals surface area (Å²) in [6.45, 7) is 10.2. The Bertz CT molecular complexity index is 161. The quantitative estimate of drug-likeness (QED) is 0.423. The molecule has 1 atom stereocenters. The van der Waals surface area contributed by atoms with Crippen LogP contribution in [0.4, 0.5) is 0 Å². The summed E-state index contributed by atoms with van der Waals surface area (Å²) in [7, 11) is 0. The van der Waals surface area contributed by atoms with Gasteiger partial charge in [0.15, 0.2) is 0 Å². The largest absolute Gasteiger partial charge is 0.102 e. The molecule has 0 rings (SSSR count). The fraction of sp³-hybridized carbons (Fsp3) is 0.455. The van der Waals surface area contributed by atoms with E-state index in [4.69, 9.17) is 0 Å². The molecule has 0 fully saturated rings. The van der Waals surface area contributed by atoms with Crippen molar-refractivity contribution in [2.45, 2.75) is 27.2 Å². The summed E-state index contributed by atoms with van der Waals surface area (Å²) < 4.78 is 0. The zero-order chi connectivity index (χ0) is 8.69. The van der Waals surface area contributed by atoms with Crippen LogP contribution in [0.15, 0.2) is 36.5 Å². The van der Waals surface area contributed by atoms with Gasteiger partial charge in [0.1, 0.15) is 0 Å². The molecule has 0 saturated carbocycles. The molecular formula is C11H18. The molecule has 11 heavy (non-hydrogen) atoms. The maximum absolute atomic E-state index is 3.80. The molecule has 0 amide bonds. The van der Waals surface area contributed by atoms with Gasteiger partial charge >= 0.3 is 0 Å². The minimum Gasteiger partial charge on any atom is -0.102 e. The van der Waals surface area contributed by atoms with Crippen molar-refractivity contribution in [2.24, 2.45) is 5.92 Å².